The molecule has 1 fully saturated rings. The summed E-state index contributed by atoms with van der Waals surface area (Å²) in [5.41, 5.74) is 2.67. The number of nitrogens with zero attached hydrogens (tertiary/aromatic N) is 2. The van der Waals surface area contributed by atoms with Crippen molar-refractivity contribution >= 4 is 16.5 Å². The molecule has 1 aliphatic heterocycles. The molecule has 0 aromatic heterocycles. The summed E-state index contributed by atoms with van der Waals surface area (Å²) in [5, 5.41) is 12.8. The lowest BCUT2D eigenvalue weighted by molar-refractivity contribution is 0.0663. The van der Waals surface area contributed by atoms with Gasteiger partial charge in [0, 0.05) is 38.4 Å². The van der Waals surface area contributed by atoms with E-state index in [0.717, 1.165) is 43.7 Å². The first-order valence-electron chi connectivity index (χ1n) is 10.6. The van der Waals surface area contributed by atoms with Crippen LogP contribution in [0.15, 0.2) is 66.7 Å². The summed E-state index contributed by atoms with van der Waals surface area (Å²) >= 11 is 0. The van der Waals surface area contributed by atoms with Gasteiger partial charge in [-0.05, 0) is 47.0 Å². The fourth-order valence-electron chi connectivity index (χ4n) is 3.93. The highest BCUT2D eigenvalue weighted by Gasteiger charge is 2.19. The van der Waals surface area contributed by atoms with Crippen LogP contribution >= 0.6 is 0 Å². The third-order valence-electron chi connectivity index (χ3n) is 5.71. The maximum atomic E-state index is 10.4. The molecule has 3 aromatic rings. The number of anilines is 1. The van der Waals surface area contributed by atoms with Crippen molar-refractivity contribution in [1.82, 2.24) is 4.90 Å². The lowest BCUT2D eigenvalue weighted by Crippen LogP contribution is -2.49. The van der Waals surface area contributed by atoms with Gasteiger partial charge < -0.3 is 14.7 Å². The molecule has 1 atom stereocenters. The normalized spacial score (nSPS) is 16.1. The molecule has 1 saturated heterocycles. The summed E-state index contributed by atoms with van der Waals surface area (Å²) in [7, 11) is 0. The van der Waals surface area contributed by atoms with E-state index in [1.807, 2.05) is 24.3 Å². The van der Waals surface area contributed by atoms with E-state index in [1.54, 1.807) is 0 Å². The molecule has 3 aromatic carbocycles. The molecule has 152 valence electrons. The summed E-state index contributed by atoms with van der Waals surface area (Å²) in [5.74, 6) is 0.808. The Bertz CT molecular complexity index is 918. The van der Waals surface area contributed by atoms with Crippen LogP contribution in [0.2, 0.25) is 0 Å². The van der Waals surface area contributed by atoms with Crippen LogP contribution in [0.1, 0.15) is 12.5 Å². The fourth-order valence-corrected chi connectivity index (χ4v) is 3.93. The van der Waals surface area contributed by atoms with Gasteiger partial charge in [0.15, 0.2) is 0 Å². The van der Waals surface area contributed by atoms with Gasteiger partial charge in [-0.1, -0.05) is 49.4 Å². The Morgan fingerprint density at radius 3 is 2.34 bits per heavy atom. The standard InChI is InChI=1S/C25H30N2O2/c1-2-20-7-10-23(11-8-20)27-15-13-26(14-16-27)18-24(28)19-29-25-12-9-21-5-3-4-6-22(21)17-25/h3-12,17,24,28H,2,13-16,18-19H2,1H3/t24-/m0/s1. The Labute approximate surface area is 173 Å². The van der Waals surface area contributed by atoms with Crippen molar-refractivity contribution in [2.45, 2.75) is 19.4 Å². The number of hydrogen-bond acceptors (Lipinski definition) is 4. The Balaban J connectivity index is 1.23. The van der Waals surface area contributed by atoms with Crippen LogP contribution in [0.25, 0.3) is 10.8 Å². The predicted octanol–water partition coefficient (Wildman–Crippen LogP) is 3.96. The van der Waals surface area contributed by atoms with Gasteiger partial charge in [0.1, 0.15) is 18.5 Å². The summed E-state index contributed by atoms with van der Waals surface area (Å²) in [6, 6.07) is 23.2. The van der Waals surface area contributed by atoms with Crippen LogP contribution in [0, 0.1) is 0 Å². The van der Waals surface area contributed by atoms with Gasteiger partial charge in [-0.25, -0.2) is 0 Å². The van der Waals surface area contributed by atoms with Gasteiger partial charge in [-0.15, -0.1) is 0 Å². The van der Waals surface area contributed by atoms with E-state index in [0.29, 0.717) is 13.2 Å². The van der Waals surface area contributed by atoms with Crippen LogP contribution in [-0.4, -0.2) is 55.4 Å². The third-order valence-corrected chi connectivity index (χ3v) is 5.71. The fraction of sp³-hybridized carbons (Fsp3) is 0.360. The molecule has 1 heterocycles. The average Bonchev–Trinajstić information content (AvgIpc) is 2.78. The van der Waals surface area contributed by atoms with Crippen LogP contribution in [0.3, 0.4) is 0 Å². The van der Waals surface area contributed by atoms with E-state index in [9.17, 15) is 5.11 Å². The minimum Gasteiger partial charge on any atom is -0.491 e. The first-order valence-corrected chi connectivity index (χ1v) is 10.6. The first kappa shape index (κ1) is 19.7. The van der Waals surface area contributed by atoms with Crippen molar-refractivity contribution in [3.63, 3.8) is 0 Å². The molecular formula is C25H30N2O2. The molecule has 29 heavy (non-hydrogen) atoms. The second kappa shape index (κ2) is 9.29. The molecule has 1 N–H and O–H groups in total. The van der Waals surface area contributed by atoms with E-state index >= 15 is 0 Å². The zero-order chi connectivity index (χ0) is 20.1. The monoisotopic (exact) mass is 390 g/mol. The highest BCUT2D eigenvalue weighted by atomic mass is 16.5. The number of β-amino-alcohol motifs (C(OH)–C–C–N with tert-alkyl or cyclic N) is 1. The molecule has 1 aliphatic rings. The molecule has 0 spiro atoms. The maximum absolute atomic E-state index is 10.4. The first-order chi connectivity index (χ1) is 14.2. The summed E-state index contributed by atoms with van der Waals surface area (Å²) in [6.07, 6.45) is 0.588. The van der Waals surface area contributed by atoms with Crippen LogP contribution in [0.5, 0.6) is 5.75 Å². The molecule has 0 amide bonds. The Kier molecular flexibility index (Phi) is 6.33. The highest BCUT2D eigenvalue weighted by Crippen LogP contribution is 2.21. The number of piperazine rings is 1. The zero-order valence-corrected chi connectivity index (χ0v) is 17.1. The molecule has 0 saturated carbocycles. The second-order valence-electron chi connectivity index (χ2n) is 7.78. The molecule has 0 radical (unpaired) electrons. The number of aryl methyl sites for hydroxylation is 1. The predicted molar refractivity (Wildman–Crippen MR) is 120 cm³/mol. The molecular weight excluding hydrogens is 360 g/mol. The lowest BCUT2D eigenvalue weighted by atomic mass is 10.1. The summed E-state index contributed by atoms with van der Waals surface area (Å²) in [4.78, 5) is 4.75. The second-order valence-corrected chi connectivity index (χ2v) is 7.78. The van der Waals surface area contributed by atoms with Gasteiger partial charge in [-0.3, -0.25) is 4.90 Å². The van der Waals surface area contributed by atoms with Crippen LogP contribution < -0.4 is 9.64 Å². The number of aliphatic hydroxyl groups is 1. The molecule has 4 rings (SSSR count). The van der Waals surface area contributed by atoms with Gasteiger partial charge in [-0.2, -0.15) is 0 Å². The van der Waals surface area contributed by atoms with E-state index in [-0.39, 0.29) is 0 Å². The molecule has 0 aliphatic carbocycles. The SMILES string of the molecule is CCc1ccc(N2CCN(C[C@H](O)COc3ccc4ccccc4c3)CC2)cc1. The molecule has 0 bridgehead atoms. The van der Waals surface area contributed by atoms with Gasteiger partial charge in [0.2, 0.25) is 0 Å². The minimum atomic E-state index is -0.489. The van der Waals surface area contributed by atoms with Crippen LogP contribution in [0.4, 0.5) is 5.69 Å². The van der Waals surface area contributed by atoms with Crippen LogP contribution in [-0.2, 0) is 6.42 Å². The molecule has 4 nitrogen and oxygen atoms in total. The largest absolute Gasteiger partial charge is 0.491 e. The molecule has 0 unspecified atom stereocenters. The van der Waals surface area contributed by atoms with E-state index in [1.165, 1.54) is 16.6 Å². The van der Waals surface area contributed by atoms with Crippen molar-refractivity contribution in [3.05, 3.63) is 72.3 Å². The summed E-state index contributed by atoms with van der Waals surface area (Å²) in [6.45, 7) is 7.05. The number of benzene rings is 3. The van der Waals surface area contributed by atoms with Crippen molar-refractivity contribution in [2.75, 3.05) is 44.2 Å². The topological polar surface area (TPSA) is 35.9 Å². The number of aliphatic hydroxyl groups excluding tert-OH is 1. The van der Waals surface area contributed by atoms with Gasteiger partial charge in [0.05, 0.1) is 0 Å². The highest BCUT2D eigenvalue weighted by molar-refractivity contribution is 5.83. The maximum Gasteiger partial charge on any atom is 0.120 e. The quantitative estimate of drug-likeness (QED) is 0.662. The summed E-state index contributed by atoms with van der Waals surface area (Å²) < 4.78 is 5.84. The van der Waals surface area contributed by atoms with E-state index < -0.39 is 6.10 Å². The van der Waals surface area contributed by atoms with Gasteiger partial charge >= 0.3 is 0 Å². The number of fused-ring (bicyclic) bond motifs is 1. The lowest BCUT2D eigenvalue weighted by Gasteiger charge is -2.37. The van der Waals surface area contributed by atoms with E-state index in [2.05, 4.69) is 59.2 Å². The number of hydrogen-bond donors (Lipinski definition) is 1. The number of ether oxygens (including phenoxy) is 1. The smallest absolute Gasteiger partial charge is 0.120 e. The Morgan fingerprint density at radius 2 is 1.62 bits per heavy atom. The zero-order valence-electron chi connectivity index (χ0n) is 17.1. The van der Waals surface area contributed by atoms with Crippen molar-refractivity contribution in [2.24, 2.45) is 0 Å². The molecule has 4 heteroatoms. The van der Waals surface area contributed by atoms with E-state index in [4.69, 9.17) is 4.74 Å². The third kappa shape index (κ3) is 5.08. The van der Waals surface area contributed by atoms with Crippen molar-refractivity contribution < 1.29 is 9.84 Å². The van der Waals surface area contributed by atoms with Gasteiger partial charge in [0.25, 0.3) is 0 Å². The Hall–Kier alpha value is -2.56. The minimum absolute atomic E-state index is 0.317. The van der Waals surface area contributed by atoms with Crippen molar-refractivity contribution in [1.29, 1.82) is 0 Å². The number of rotatable bonds is 7. The Morgan fingerprint density at radius 1 is 0.897 bits per heavy atom. The van der Waals surface area contributed by atoms with Crippen molar-refractivity contribution in [3.8, 4) is 5.75 Å². The average molecular weight is 391 g/mol.